The lowest BCUT2D eigenvalue weighted by Gasteiger charge is -2.13. The molecule has 0 saturated heterocycles. The van der Waals surface area contributed by atoms with Gasteiger partial charge in [-0.3, -0.25) is 19.7 Å². The van der Waals surface area contributed by atoms with Crippen LogP contribution in [0.2, 0.25) is 0 Å². The second-order valence-electron chi connectivity index (χ2n) is 7.62. The number of carbonyl (C=O) groups is 2. The lowest BCUT2D eigenvalue weighted by atomic mass is 10.2. The average Bonchev–Trinajstić information content (AvgIpc) is 2.65. The summed E-state index contributed by atoms with van der Waals surface area (Å²) in [6.45, 7) is 17.6. The number of nitro groups is 1. The van der Waals surface area contributed by atoms with E-state index in [1.54, 1.807) is 0 Å². The summed E-state index contributed by atoms with van der Waals surface area (Å²) in [6.07, 6.45) is 0.607. The molecule has 1 rings (SSSR count). The number of rotatable bonds is 7. The fourth-order valence-corrected chi connectivity index (χ4v) is 4.02. The van der Waals surface area contributed by atoms with E-state index in [-0.39, 0.29) is 24.0 Å². The molecule has 32 heavy (non-hydrogen) atoms. The topological polar surface area (TPSA) is 98.5 Å². The Morgan fingerprint density at radius 2 is 1.53 bits per heavy atom. The molecule has 0 spiro atoms. The third-order valence-corrected chi connectivity index (χ3v) is 6.34. The Balaban J connectivity index is -0.000000384. The van der Waals surface area contributed by atoms with E-state index in [4.69, 9.17) is 10.1 Å². The van der Waals surface area contributed by atoms with Crippen molar-refractivity contribution >= 4 is 33.5 Å². The van der Waals surface area contributed by atoms with Gasteiger partial charge in [-0.05, 0) is 45.7 Å². The zero-order valence-electron chi connectivity index (χ0n) is 21.2. The molecule has 1 aromatic carbocycles. The lowest BCUT2D eigenvalue weighted by Crippen LogP contribution is -2.29. The maximum atomic E-state index is 10.5. The van der Waals surface area contributed by atoms with E-state index >= 15 is 0 Å². The van der Waals surface area contributed by atoms with E-state index in [0.29, 0.717) is 11.7 Å². The SMILES string of the molecule is CC(=O)OC(C)C.CC(C)C(C)SSc1ccccc1.CCC(=O)NC(C)C.C[N+](=O)[O-]. The van der Waals surface area contributed by atoms with Crippen molar-refractivity contribution in [3.63, 3.8) is 0 Å². The highest BCUT2D eigenvalue weighted by molar-refractivity contribution is 8.76. The zero-order valence-corrected chi connectivity index (χ0v) is 22.8. The maximum absolute atomic E-state index is 10.5. The van der Waals surface area contributed by atoms with E-state index in [0.717, 1.165) is 13.0 Å². The van der Waals surface area contributed by atoms with Gasteiger partial charge < -0.3 is 10.1 Å². The second kappa shape index (κ2) is 22.5. The van der Waals surface area contributed by atoms with Crippen LogP contribution in [0.15, 0.2) is 35.2 Å². The molecule has 1 N–H and O–H groups in total. The maximum Gasteiger partial charge on any atom is 0.302 e. The fraction of sp³-hybridized carbons (Fsp3) is 0.652. The van der Waals surface area contributed by atoms with Crippen molar-refractivity contribution in [2.45, 2.75) is 91.0 Å². The van der Waals surface area contributed by atoms with Crippen LogP contribution in [-0.4, -0.2) is 41.2 Å². The first-order valence-electron chi connectivity index (χ1n) is 10.7. The molecule has 0 aliphatic carbocycles. The summed E-state index contributed by atoms with van der Waals surface area (Å²) in [5, 5.41) is 12.3. The van der Waals surface area contributed by atoms with E-state index in [1.165, 1.54) is 11.8 Å². The number of nitrogens with one attached hydrogen (secondary N) is 1. The first-order chi connectivity index (χ1) is 14.7. The van der Waals surface area contributed by atoms with Gasteiger partial charge in [-0.25, -0.2) is 0 Å². The zero-order chi connectivity index (χ0) is 25.7. The number of esters is 1. The minimum atomic E-state index is -0.500. The van der Waals surface area contributed by atoms with Crippen LogP contribution < -0.4 is 5.32 Å². The van der Waals surface area contributed by atoms with Crippen molar-refractivity contribution in [3.8, 4) is 0 Å². The molecule has 0 saturated carbocycles. The van der Waals surface area contributed by atoms with Crippen LogP contribution in [-0.2, 0) is 14.3 Å². The van der Waals surface area contributed by atoms with Crippen LogP contribution in [0.4, 0.5) is 0 Å². The van der Waals surface area contributed by atoms with Gasteiger partial charge in [0.1, 0.15) is 0 Å². The Labute approximate surface area is 202 Å². The van der Waals surface area contributed by atoms with Gasteiger partial charge >= 0.3 is 5.97 Å². The number of nitrogens with zero attached hydrogens (tertiary/aromatic N) is 1. The minimum absolute atomic E-state index is 0.0255. The third-order valence-electron chi connectivity index (χ3n) is 3.15. The number of hydrogen-bond donors (Lipinski definition) is 1. The summed E-state index contributed by atoms with van der Waals surface area (Å²) in [5.41, 5.74) is 0. The summed E-state index contributed by atoms with van der Waals surface area (Å²) < 4.78 is 4.61. The smallest absolute Gasteiger partial charge is 0.302 e. The van der Waals surface area contributed by atoms with E-state index in [2.05, 4.69) is 61.2 Å². The van der Waals surface area contributed by atoms with Crippen molar-refractivity contribution in [1.82, 2.24) is 5.32 Å². The Hall–Kier alpha value is -1.74. The lowest BCUT2D eigenvalue weighted by molar-refractivity contribution is -0.445. The van der Waals surface area contributed by atoms with Crippen LogP contribution in [0.1, 0.15) is 68.7 Å². The van der Waals surface area contributed by atoms with Gasteiger partial charge in [-0.1, -0.05) is 67.5 Å². The quantitative estimate of drug-likeness (QED) is 0.209. The summed E-state index contributed by atoms with van der Waals surface area (Å²) in [4.78, 5) is 30.2. The number of carbonyl (C=O) groups excluding carboxylic acids is 2. The monoisotopic (exact) mass is 490 g/mol. The van der Waals surface area contributed by atoms with E-state index in [9.17, 15) is 9.59 Å². The number of hydrogen-bond acceptors (Lipinski definition) is 7. The van der Waals surface area contributed by atoms with Gasteiger partial charge in [0, 0.05) is 34.5 Å². The van der Waals surface area contributed by atoms with Gasteiger partial charge in [0.25, 0.3) is 0 Å². The highest BCUT2D eigenvalue weighted by Crippen LogP contribution is 2.36. The largest absolute Gasteiger partial charge is 0.463 e. The standard InChI is InChI=1S/C11H16S2.C6H13NO.C5H10O2.CH3NO2/c1-9(2)10(3)12-13-11-7-5-4-6-8-11;1-4-6(8)7-5(2)3;1-4(2)7-5(3)6;1-2(3)4/h4-10H,1-3H3;5H,4H2,1-3H3,(H,7,8);4H,1-3H3;1H3. The molecular formula is C23H42N2O5S2. The first kappa shape index (κ1) is 34.9. The molecule has 1 amide bonds. The molecule has 1 aromatic rings. The van der Waals surface area contributed by atoms with Gasteiger partial charge in [0.2, 0.25) is 5.91 Å². The predicted molar refractivity (Wildman–Crippen MR) is 138 cm³/mol. The van der Waals surface area contributed by atoms with E-state index < -0.39 is 4.92 Å². The molecule has 0 aliphatic rings. The van der Waals surface area contributed by atoms with Crippen molar-refractivity contribution in [3.05, 3.63) is 40.4 Å². The number of amides is 1. The molecule has 9 heteroatoms. The summed E-state index contributed by atoms with van der Waals surface area (Å²) in [7, 11) is 4.72. The molecule has 186 valence electrons. The van der Waals surface area contributed by atoms with Crippen molar-refractivity contribution in [1.29, 1.82) is 0 Å². The Morgan fingerprint density at radius 3 is 1.78 bits per heavy atom. The Bertz CT molecular complexity index is 608. The van der Waals surface area contributed by atoms with Gasteiger partial charge in [-0.2, -0.15) is 0 Å². The molecule has 0 aliphatic heterocycles. The van der Waals surface area contributed by atoms with Crippen LogP contribution in [0, 0.1) is 16.0 Å². The van der Waals surface area contributed by atoms with Crippen LogP contribution in [0.25, 0.3) is 0 Å². The van der Waals surface area contributed by atoms with E-state index in [1.807, 2.05) is 56.2 Å². The molecule has 1 unspecified atom stereocenters. The predicted octanol–water partition coefficient (Wildman–Crippen LogP) is 6.24. The molecule has 7 nitrogen and oxygen atoms in total. The number of ether oxygens (including phenoxy) is 1. The van der Waals surface area contributed by atoms with Crippen LogP contribution in [0.3, 0.4) is 0 Å². The molecule has 1 atom stereocenters. The Kier molecular flexibility index (Phi) is 24.5. The van der Waals surface area contributed by atoms with Crippen LogP contribution >= 0.6 is 21.6 Å². The Morgan fingerprint density at radius 1 is 1.06 bits per heavy atom. The molecule has 0 radical (unpaired) electrons. The van der Waals surface area contributed by atoms with Crippen molar-refractivity contribution in [2.24, 2.45) is 5.92 Å². The van der Waals surface area contributed by atoms with Crippen molar-refractivity contribution in [2.75, 3.05) is 7.05 Å². The normalized spacial score (nSPS) is 10.5. The molecular weight excluding hydrogens is 448 g/mol. The average molecular weight is 491 g/mol. The summed E-state index contributed by atoms with van der Waals surface area (Å²) >= 11 is 0. The second-order valence-corrected chi connectivity index (χ2v) is 10.3. The van der Waals surface area contributed by atoms with Gasteiger partial charge in [0.05, 0.1) is 6.10 Å². The third kappa shape index (κ3) is 32.9. The fourth-order valence-electron chi connectivity index (χ4n) is 1.47. The molecule has 0 fully saturated rings. The summed E-state index contributed by atoms with van der Waals surface area (Å²) in [6, 6.07) is 10.8. The number of benzene rings is 1. The van der Waals surface area contributed by atoms with Crippen LogP contribution in [0.5, 0.6) is 0 Å². The molecule has 0 bridgehead atoms. The van der Waals surface area contributed by atoms with Gasteiger partial charge in [-0.15, -0.1) is 0 Å². The van der Waals surface area contributed by atoms with Crippen molar-refractivity contribution < 1.29 is 19.2 Å². The first-order valence-corrected chi connectivity index (χ1v) is 12.9. The minimum Gasteiger partial charge on any atom is -0.463 e. The molecule has 0 aromatic heterocycles. The summed E-state index contributed by atoms with van der Waals surface area (Å²) in [5.74, 6) is 0.663. The van der Waals surface area contributed by atoms with Gasteiger partial charge in [0.15, 0.2) is 7.05 Å². The molecule has 0 heterocycles. The highest BCUT2D eigenvalue weighted by atomic mass is 33.1. The highest BCUT2D eigenvalue weighted by Gasteiger charge is 2.07.